The van der Waals surface area contributed by atoms with Crippen LogP contribution >= 0.6 is 0 Å². The van der Waals surface area contributed by atoms with Crippen molar-refractivity contribution < 1.29 is 4.74 Å². The minimum Gasteiger partial charge on any atom is -0.457 e. The van der Waals surface area contributed by atoms with E-state index in [1.807, 2.05) is 60.7 Å². The minimum absolute atomic E-state index is 0.312. The lowest BCUT2D eigenvalue weighted by atomic mass is 9.73. The predicted molar refractivity (Wildman–Crippen MR) is 160 cm³/mol. The van der Waals surface area contributed by atoms with Gasteiger partial charge in [0.25, 0.3) is 0 Å². The molecule has 0 saturated carbocycles. The summed E-state index contributed by atoms with van der Waals surface area (Å²) in [5.74, 6) is 3.61. The summed E-state index contributed by atoms with van der Waals surface area (Å²) >= 11 is 0. The molecule has 1 aliphatic rings. The number of aromatic nitrogens is 3. The van der Waals surface area contributed by atoms with Crippen molar-refractivity contribution >= 4 is 0 Å². The highest BCUT2D eigenvalue weighted by Crippen LogP contribution is 2.50. The molecule has 6 aromatic rings. The van der Waals surface area contributed by atoms with Gasteiger partial charge >= 0.3 is 0 Å². The Hall–Kier alpha value is -5.09. The van der Waals surface area contributed by atoms with Crippen LogP contribution in [-0.2, 0) is 5.41 Å². The van der Waals surface area contributed by atoms with Crippen molar-refractivity contribution in [2.75, 3.05) is 0 Å². The van der Waals surface area contributed by atoms with Crippen LogP contribution in [0.5, 0.6) is 11.5 Å². The summed E-state index contributed by atoms with van der Waals surface area (Å²) in [4.78, 5) is 15.1. The van der Waals surface area contributed by atoms with Gasteiger partial charge in [-0.1, -0.05) is 123 Å². The van der Waals surface area contributed by atoms with Crippen LogP contribution in [0.15, 0.2) is 127 Å². The Bertz CT molecular complexity index is 1850. The van der Waals surface area contributed by atoms with E-state index in [0.717, 1.165) is 50.4 Å². The summed E-state index contributed by atoms with van der Waals surface area (Å²) in [6.07, 6.45) is 0. The van der Waals surface area contributed by atoms with Gasteiger partial charge < -0.3 is 4.74 Å². The molecule has 0 fully saturated rings. The van der Waals surface area contributed by atoms with Crippen molar-refractivity contribution in [3.05, 3.63) is 139 Å². The zero-order chi connectivity index (χ0) is 27.1. The molecule has 192 valence electrons. The van der Waals surface area contributed by atoms with Gasteiger partial charge in [0, 0.05) is 33.2 Å². The summed E-state index contributed by atoms with van der Waals surface area (Å²) in [6, 6.07) is 43.2. The summed E-state index contributed by atoms with van der Waals surface area (Å²) < 4.78 is 6.40. The third-order valence-corrected chi connectivity index (χ3v) is 7.57. The van der Waals surface area contributed by atoms with Gasteiger partial charge in [0.2, 0.25) is 0 Å². The Morgan fingerprint density at radius 1 is 0.475 bits per heavy atom. The Morgan fingerprint density at radius 3 is 1.80 bits per heavy atom. The largest absolute Gasteiger partial charge is 0.457 e. The van der Waals surface area contributed by atoms with Gasteiger partial charge in [0.15, 0.2) is 17.5 Å². The molecule has 4 heteroatoms. The lowest BCUT2D eigenvalue weighted by molar-refractivity contribution is 0.418. The Kier molecular flexibility index (Phi) is 5.75. The molecule has 0 bridgehead atoms. The molecule has 0 aliphatic carbocycles. The molecule has 0 radical (unpaired) electrons. The SMILES string of the molecule is CC1(C)c2ccccc2Oc2cccc(-c3nc(-c4ccccc4)nc(-c4cccc(-c5ccccc5)c4)n3)c21. The number of nitrogens with zero attached hydrogens (tertiary/aromatic N) is 3. The lowest BCUT2D eigenvalue weighted by Gasteiger charge is -2.35. The van der Waals surface area contributed by atoms with Crippen LogP contribution in [0.4, 0.5) is 0 Å². The van der Waals surface area contributed by atoms with E-state index in [2.05, 4.69) is 80.6 Å². The predicted octanol–water partition coefficient (Wildman–Crippen LogP) is 8.97. The first-order valence-corrected chi connectivity index (χ1v) is 13.5. The van der Waals surface area contributed by atoms with Crippen LogP contribution in [0, 0.1) is 0 Å². The maximum Gasteiger partial charge on any atom is 0.164 e. The monoisotopic (exact) mass is 517 g/mol. The molecule has 0 amide bonds. The molecule has 0 N–H and O–H groups in total. The first-order chi connectivity index (χ1) is 19.6. The Balaban J connectivity index is 1.44. The van der Waals surface area contributed by atoms with E-state index in [9.17, 15) is 0 Å². The second-order valence-electron chi connectivity index (χ2n) is 10.5. The quantitative estimate of drug-likeness (QED) is 0.234. The molecular formula is C36H27N3O. The molecular weight excluding hydrogens is 490 g/mol. The highest BCUT2D eigenvalue weighted by atomic mass is 16.5. The van der Waals surface area contributed by atoms with E-state index >= 15 is 0 Å². The van der Waals surface area contributed by atoms with E-state index in [0.29, 0.717) is 17.5 Å². The lowest BCUT2D eigenvalue weighted by Crippen LogP contribution is -2.25. The van der Waals surface area contributed by atoms with E-state index < -0.39 is 0 Å². The average Bonchev–Trinajstić information content (AvgIpc) is 3.01. The second kappa shape index (κ2) is 9.58. The number of rotatable bonds is 4. The van der Waals surface area contributed by atoms with E-state index in [-0.39, 0.29) is 5.41 Å². The van der Waals surface area contributed by atoms with E-state index in [1.165, 1.54) is 0 Å². The maximum atomic E-state index is 6.40. The number of benzene rings is 5. The van der Waals surface area contributed by atoms with Crippen LogP contribution in [0.25, 0.3) is 45.3 Å². The van der Waals surface area contributed by atoms with Crippen LogP contribution in [0.3, 0.4) is 0 Å². The molecule has 2 heterocycles. The molecule has 0 saturated heterocycles. The van der Waals surface area contributed by atoms with E-state index in [4.69, 9.17) is 19.7 Å². The average molecular weight is 518 g/mol. The molecule has 40 heavy (non-hydrogen) atoms. The standard InChI is InChI=1S/C36H27N3O/c1-36(2)29-20-9-10-21-30(29)40-31-22-12-19-28(32(31)36)35-38-33(25-15-7-4-8-16-25)37-34(39-35)27-18-11-17-26(23-27)24-13-5-3-6-14-24/h3-23H,1-2H3. The molecule has 5 aromatic carbocycles. The fourth-order valence-corrected chi connectivity index (χ4v) is 5.58. The summed E-state index contributed by atoms with van der Waals surface area (Å²) in [5.41, 5.74) is 6.99. The van der Waals surface area contributed by atoms with Crippen molar-refractivity contribution in [3.8, 4) is 56.8 Å². The number of fused-ring (bicyclic) bond motifs is 2. The van der Waals surface area contributed by atoms with Crippen LogP contribution < -0.4 is 4.74 Å². The van der Waals surface area contributed by atoms with E-state index in [1.54, 1.807) is 0 Å². The zero-order valence-corrected chi connectivity index (χ0v) is 22.4. The normalized spacial score (nSPS) is 13.2. The number of para-hydroxylation sites is 1. The fraction of sp³-hybridized carbons (Fsp3) is 0.0833. The molecule has 7 rings (SSSR count). The third-order valence-electron chi connectivity index (χ3n) is 7.57. The zero-order valence-electron chi connectivity index (χ0n) is 22.4. The van der Waals surface area contributed by atoms with Crippen LogP contribution in [0.2, 0.25) is 0 Å². The first-order valence-electron chi connectivity index (χ1n) is 13.5. The molecule has 1 aromatic heterocycles. The van der Waals surface area contributed by atoms with Gasteiger partial charge in [0.05, 0.1) is 0 Å². The minimum atomic E-state index is -0.312. The fourth-order valence-electron chi connectivity index (χ4n) is 5.58. The number of hydrogen-bond donors (Lipinski definition) is 0. The van der Waals surface area contributed by atoms with Crippen molar-refractivity contribution in [1.82, 2.24) is 15.0 Å². The third kappa shape index (κ3) is 4.15. The highest BCUT2D eigenvalue weighted by Gasteiger charge is 2.37. The molecule has 1 aliphatic heterocycles. The summed E-state index contributed by atoms with van der Waals surface area (Å²) in [6.45, 7) is 4.47. The van der Waals surface area contributed by atoms with Gasteiger partial charge in [-0.15, -0.1) is 0 Å². The smallest absolute Gasteiger partial charge is 0.164 e. The number of hydrogen-bond acceptors (Lipinski definition) is 4. The summed E-state index contributed by atoms with van der Waals surface area (Å²) in [7, 11) is 0. The molecule has 0 spiro atoms. The topological polar surface area (TPSA) is 47.9 Å². The van der Waals surface area contributed by atoms with Crippen molar-refractivity contribution in [1.29, 1.82) is 0 Å². The highest BCUT2D eigenvalue weighted by molar-refractivity contribution is 5.75. The maximum absolute atomic E-state index is 6.40. The first kappa shape index (κ1) is 24.0. The van der Waals surface area contributed by atoms with Gasteiger partial charge in [-0.3, -0.25) is 0 Å². The van der Waals surface area contributed by atoms with Gasteiger partial charge in [-0.25, -0.2) is 15.0 Å². The van der Waals surface area contributed by atoms with Gasteiger partial charge in [-0.2, -0.15) is 0 Å². The Labute approximate surface area is 234 Å². The van der Waals surface area contributed by atoms with Crippen LogP contribution in [-0.4, -0.2) is 15.0 Å². The van der Waals surface area contributed by atoms with Crippen molar-refractivity contribution in [3.63, 3.8) is 0 Å². The van der Waals surface area contributed by atoms with Crippen molar-refractivity contribution in [2.45, 2.75) is 19.3 Å². The summed E-state index contributed by atoms with van der Waals surface area (Å²) in [5, 5.41) is 0. The number of ether oxygens (including phenoxy) is 1. The molecule has 0 unspecified atom stereocenters. The van der Waals surface area contributed by atoms with Crippen LogP contribution in [0.1, 0.15) is 25.0 Å². The van der Waals surface area contributed by atoms with Gasteiger partial charge in [-0.05, 0) is 29.3 Å². The second-order valence-corrected chi connectivity index (χ2v) is 10.5. The van der Waals surface area contributed by atoms with Gasteiger partial charge in [0.1, 0.15) is 11.5 Å². The van der Waals surface area contributed by atoms with Crippen molar-refractivity contribution in [2.24, 2.45) is 0 Å². The Morgan fingerprint density at radius 2 is 1.02 bits per heavy atom. The molecule has 0 atom stereocenters. The molecule has 4 nitrogen and oxygen atoms in total.